The Hall–Kier alpha value is -0.940. The molecule has 0 heterocycles. The molecule has 76 valence electrons. The summed E-state index contributed by atoms with van der Waals surface area (Å²) in [5.41, 5.74) is 0. The molecule has 0 aromatic heterocycles. The van der Waals surface area contributed by atoms with E-state index in [-0.39, 0.29) is 0 Å². The molecule has 0 spiro atoms. The highest BCUT2D eigenvalue weighted by molar-refractivity contribution is 5.90. The second-order valence-corrected chi connectivity index (χ2v) is 2.30. The molecule has 0 fully saturated rings. The fourth-order valence-electron chi connectivity index (χ4n) is 0.928. The number of rotatable bonds is 5. The van der Waals surface area contributed by atoms with Gasteiger partial charge in [-0.25, -0.2) is 0 Å². The highest BCUT2D eigenvalue weighted by Gasteiger charge is 2.27. The van der Waals surface area contributed by atoms with Gasteiger partial charge in [-0.05, 0) is 0 Å². The van der Waals surface area contributed by atoms with E-state index in [2.05, 4.69) is 9.73 Å². The van der Waals surface area contributed by atoms with E-state index in [4.69, 9.17) is 9.47 Å². The molecule has 0 radical (unpaired) electrons. The smallest absolute Gasteiger partial charge is 0.319 e. The molecule has 0 aromatic carbocycles. The summed E-state index contributed by atoms with van der Waals surface area (Å²) in [5.74, 6) is -1.05. The molecule has 1 unspecified atom stereocenters. The fourth-order valence-corrected chi connectivity index (χ4v) is 0.928. The minimum absolute atomic E-state index is 0.431. The van der Waals surface area contributed by atoms with E-state index >= 15 is 0 Å². The zero-order valence-electron chi connectivity index (χ0n) is 8.31. The number of nitrogens with zero attached hydrogens (tertiary/aromatic N) is 1. The van der Waals surface area contributed by atoms with Crippen LogP contribution in [0.2, 0.25) is 0 Å². The molecule has 0 aliphatic heterocycles. The van der Waals surface area contributed by atoms with Crippen LogP contribution in [0.3, 0.4) is 0 Å². The van der Waals surface area contributed by atoms with Gasteiger partial charge in [0.2, 0.25) is 0 Å². The second kappa shape index (κ2) is 6.56. The Labute approximate surface area is 77.7 Å². The summed E-state index contributed by atoms with van der Waals surface area (Å²) in [7, 11) is 5.78. The SMILES string of the molecule is CN=CC(C(=O)OC)C(OC)OC. The number of carbonyl (C=O) groups excluding carboxylic acids is 1. The Morgan fingerprint density at radius 3 is 2.15 bits per heavy atom. The van der Waals surface area contributed by atoms with Crippen LogP contribution in [0.5, 0.6) is 0 Å². The monoisotopic (exact) mass is 189 g/mol. The van der Waals surface area contributed by atoms with Crippen LogP contribution >= 0.6 is 0 Å². The molecule has 0 aliphatic carbocycles. The maximum absolute atomic E-state index is 11.2. The van der Waals surface area contributed by atoms with Crippen molar-refractivity contribution in [3.8, 4) is 0 Å². The summed E-state index contributed by atoms with van der Waals surface area (Å²) in [4.78, 5) is 14.9. The van der Waals surface area contributed by atoms with Crippen molar-refractivity contribution in [3.05, 3.63) is 0 Å². The van der Waals surface area contributed by atoms with Gasteiger partial charge in [0.1, 0.15) is 5.92 Å². The molecular weight excluding hydrogens is 174 g/mol. The lowest BCUT2D eigenvalue weighted by Gasteiger charge is -2.18. The van der Waals surface area contributed by atoms with Crippen molar-refractivity contribution >= 4 is 12.2 Å². The van der Waals surface area contributed by atoms with Crippen LogP contribution in [-0.4, -0.2) is 46.9 Å². The van der Waals surface area contributed by atoms with Crippen molar-refractivity contribution in [2.24, 2.45) is 10.9 Å². The summed E-state index contributed by atoms with van der Waals surface area (Å²) in [6.45, 7) is 0. The second-order valence-electron chi connectivity index (χ2n) is 2.30. The van der Waals surface area contributed by atoms with Crippen molar-refractivity contribution < 1.29 is 19.0 Å². The predicted molar refractivity (Wildman–Crippen MR) is 47.7 cm³/mol. The molecule has 0 rings (SSSR count). The Morgan fingerprint density at radius 2 is 1.85 bits per heavy atom. The van der Waals surface area contributed by atoms with Gasteiger partial charge in [-0.2, -0.15) is 0 Å². The summed E-state index contributed by atoms with van der Waals surface area (Å²) < 4.78 is 14.4. The fraction of sp³-hybridized carbons (Fsp3) is 0.750. The number of ether oxygens (including phenoxy) is 3. The molecule has 5 nitrogen and oxygen atoms in total. The number of aliphatic imine (C=N–C) groups is 1. The first kappa shape index (κ1) is 12.1. The zero-order valence-corrected chi connectivity index (χ0v) is 8.31. The molecule has 0 N–H and O–H groups in total. The van der Waals surface area contributed by atoms with Gasteiger partial charge in [-0.15, -0.1) is 0 Å². The first-order valence-electron chi connectivity index (χ1n) is 3.77. The molecule has 0 aliphatic rings. The molecule has 5 heteroatoms. The van der Waals surface area contributed by atoms with E-state index in [0.29, 0.717) is 0 Å². The molecule has 0 saturated carbocycles. The first-order chi connectivity index (χ1) is 6.21. The molecule has 1 atom stereocenters. The van der Waals surface area contributed by atoms with E-state index in [0.717, 1.165) is 0 Å². The van der Waals surface area contributed by atoms with Gasteiger partial charge in [-0.3, -0.25) is 9.79 Å². The van der Waals surface area contributed by atoms with Gasteiger partial charge in [0.15, 0.2) is 6.29 Å². The third-order valence-corrected chi connectivity index (χ3v) is 1.54. The van der Waals surface area contributed by atoms with Crippen LogP contribution in [0, 0.1) is 5.92 Å². The van der Waals surface area contributed by atoms with Gasteiger partial charge in [0.25, 0.3) is 0 Å². The summed E-state index contributed by atoms with van der Waals surface area (Å²) in [5, 5.41) is 0. The third-order valence-electron chi connectivity index (χ3n) is 1.54. The van der Waals surface area contributed by atoms with Gasteiger partial charge in [0, 0.05) is 27.5 Å². The van der Waals surface area contributed by atoms with Crippen LogP contribution in [-0.2, 0) is 19.0 Å². The molecule has 0 aromatic rings. The Morgan fingerprint density at radius 1 is 1.31 bits per heavy atom. The Balaban J connectivity index is 4.47. The molecular formula is C8H15NO4. The number of methoxy groups -OCH3 is 3. The van der Waals surface area contributed by atoms with Gasteiger partial charge in [0.05, 0.1) is 7.11 Å². The lowest BCUT2D eigenvalue weighted by Crippen LogP contribution is -2.33. The van der Waals surface area contributed by atoms with E-state index in [1.165, 1.54) is 27.5 Å². The van der Waals surface area contributed by atoms with Gasteiger partial charge >= 0.3 is 5.97 Å². The Kier molecular flexibility index (Phi) is 6.09. The molecule has 0 bridgehead atoms. The largest absolute Gasteiger partial charge is 0.468 e. The molecule has 0 saturated heterocycles. The van der Waals surface area contributed by atoms with Gasteiger partial charge < -0.3 is 14.2 Å². The lowest BCUT2D eigenvalue weighted by molar-refractivity contribution is -0.164. The van der Waals surface area contributed by atoms with Crippen molar-refractivity contribution in [1.29, 1.82) is 0 Å². The predicted octanol–water partition coefficient (Wildman–Crippen LogP) is 0.0951. The average molecular weight is 189 g/mol. The quantitative estimate of drug-likeness (QED) is 0.349. The standard InChI is InChI=1S/C8H15NO4/c1-9-5-6(7(10)11-2)8(12-3)13-4/h5-6,8H,1-4H3. The maximum Gasteiger partial charge on any atom is 0.319 e. The minimum Gasteiger partial charge on any atom is -0.468 e. The number of esters is 1. The van der Waals surface area contributed by atoms with Crippen LogP contribution in [0.4, 0.5) is 0 Å². The summed E-state index contributed by atoms with van der Waals surface area (Å²) in [6, 6.07) is 0. The molecule has 13 heavy (non-hydrogen) atoms. The van der Waals surface area contributed by atoms with E-state index in [1.807, 2.05) is 0 Å². The average Bonchev–Trinajstić information content (AvgIpc) is 2.17. The van der Waals surface area contributed by atoms with Crippen molar-refractivity contribution in [2.75, 3.05) is 28.4 Å². The van der Waals surface area contributed by atoms with E-state index < -0.39 is 18.2 Å². The minimum atomic E-state index is -0.656. The summed E-state index contributed by atoms with van der Waals surface area (Å²) in [6.07, 6.45) is 0.778. The van der Waals surface area contributed by atoms with E-state index in [9.17, 15) is 4.79 Å². The highest BCUT2D eigenvalue weighted by atomic mass is 16.7. The Bertz CT molecular complexity index is 177. The van der Waals surface area contributed by atoms with Crippen LogP contribution < -0.4 is 0 Å². The van der Waals surface area contributed by atoms with Crippen molar-refractivity contribution in [2.45, 2.75) is 6.29 Å². The number of hydrogen-bond donors (Lipinski definition) is 0. The van der Waals surface area contributed by atoms with Gasteiger partial charge in [-0.1, -0.05) is 0 Å². The number of carbonyl (C=O) groups is 1. The number of hydrogen-bond acceptors (Lipinski definition) is 5. The lowest BCUT2D eigenvalue weighted by atomic mass is 10.1. The van der Waals surface area contributed by atoms with Crippen molar-refractivity contribution in [1.82, 2.24) is 0 Å². The maximum atomic E-state index is 11.2. The van der Waals surface area contributed by atoms with E-state index in [1.54, 1.807) is 7.05 Å². The first-order valence-corrected chi connectivity index (χ1v) is 3.77. The van der Waals surface area contributed by atoms with Crippen LogP contribution in [0.1, 0.15) is 0 Å². The van der Waals surface area contributed by atoms with Crippen LogP contribution in [0.15, 0.2) is 4.99 Å². The molecule has 0 amide bonds. The summed E-state index contributed by atoms with van der Waals surface area (Å²) >= 11 is 0. The zero-order chi connectivity index (χ0) is 10.3. The van der Waals surface area contributed by atoms with Crippen LogP contribution in [0.25, 0.3) is 0 Å². The topological polar surface area (TPSA) is 57.1 Å². The normalized spacial score (nSPS) is 13.6. The van der Waals surface area contributed by atoms with Crippen molar-refractivity contribution in [3.63, 3.8) is 0 Å². The third kappa shape index (κ3) is 3.52. The highest BCUT2D eigenvalue weighted by Crippen LogP contribution is 2.07.